The van der Waals surface area contributed by atoms with Gasteiger partial charge < -0.3 is 26.2 Å². The molecule has 0 aromatic heterocycles. The fourth-order valence-corrected chi connectivity index (χ4v) is 4.01. The van der Waals surface area contributed by atoms with Gasteiger partial charge in [0.2, 0.25) is 5.91 Å². The molecule has 2 aromatic rings. The van der Waals surface area contributed by atoms with E-state index in [1.54, 1.807) is 24.3 Å². The Balaban J connectivity index is 1.51. The fourth-order valence-electron chi connectivity index (χ4n) is 4.01. The van der Waals surface area contributed by atoms with Gasteiger partial charge in [0.25, 0.3) is 5.91 Å². The first kappa shape index (κ1) is 27.1. The molecule has 0 saturated carbocycles. The van der Waals surface area contributed by atoms with Gasteiger partial charge in [-0.15, -0.1) is 0 Å². The zero-order valence-electron chi connectivity index (χ0n) is 20.4. The Kier molecular flexibility index (Phi) is 10.2. The Labute approximate surface area is 211 Å². The lowest BCUT2D eigenvalue weighted by atomic mass is 9.94. The van der Waals surface area contributed by atoms with Crippen LogP contribution < -0.4 is 16.0 Å². The van der Waals surface area contributed by atoms with Crippen molar-refractivity contribution in [2.24, 2.45) is 5.92 Å². The number of aliphatic hydroxyl groups excluding tert-OH is 2. The number of ketones is 1. The molecular weight excluding hydrogens is 458 g/mol. The van der Waals surface area contributed by atoms with Gasteiger partial charge in [0.1, 0.15) is 12.6 Å². The summed E-state index contributed by atoms with van der Waals surface area (Å²) in [6, 6.07) is 12.7. The molecule has 0 spiro atoms. The number of carbonyl (C=O) groups excluding carboxylic acids is 3. The lowest BCUT2D eigenvalue weighted by Crippen LogP contribution is -2.48. The summed E-state index contributed by atoms with van der Waals surface area (Å²) in [6.07, 6.45) is 2.63. The van der Waals surface area contributed by atoms with Crippen molar-refractivity contribution >= 4 is 23.3 Å². The standard InChI is InChI=1S/C28H33N3O5/c1-19(33)27(25(34)18-32)31-28(36)23-11-6-20(7-12-23)4-5-21-8-13-24(14-9-21)30-26(35)15-10-22-3-2-16-29-17-22/h6-9,11-14,19,22,27,29,32-33H,2-3,10,15-18H2,1H3,(H,30,35)(H,31,36)/t19-,22?,27+/m1/s1. The van der Waals surface area contributed by atoms with Crippen LogP contribution >= 0.6 is 0 Å². The average Bonchev–Trinajstić information content (AvgIpc) is 2.90. The number of nitrogens with one attached hydrogen (secondary N) is 3. The highest BCUT2D eigenvalue weighted by Gasteiger charge is 2.25. The second-order valence-electron chi connectivity index (χ2n) is 9.02. The molecule has 0 aliphatic carbocycles. The highest BCUT2D eigenvalue weighted by Crippen LogP contribution is 2.17. The molecule has 8 nitrogen and oxygen atoms in total. The van der Waals surface area contributed by atoms with Crippen molar-refractivity contribution in [2.75, 3.05) is 25.0 Å². The normalized spacial score (nSPS) is 16.7. The summed E-state index contributed by atoms with van der Waals surface area (Å²) in [5.41, 5.74) is 2.51. The van der Waals surface area contributed by atoms with E-state index in [1.807, 2.05) is 24.3 Å². The van der Waals surface area contributed by atoms with Crippen molar-refractivity contribution < 1.29 is 24.6 Å². The van der Waals surface area contributed by atoms with Crippen LogP contribution in [-0.2, 0) is 9.59 Å². The molecule has 2 aromatic carbocycles. The van der Waals surface area contributed by atoms with Crippen LogP contribution in [0.25, 0.3) is 0 Å². The van der Waals surface area contributed by atoms with E-state index < -0.39 is 30.4 Å². The largest absolute Gasteiger partial charge is 0.391 e. The number of benzene rings is 2. The average molecular weight is 492 g/mol. The third-order valence-corrected chi connectivity index (χ3v) is 6.12. The number of hydrogen-bond acceptors (Lipinski definition) is 6. The monoisotopic (exact) mass is 491 g/mol. The van der Waals surface area contributed by atoms with Crippen LogP contribution in [0, 0.1) is 17.8 Å². The van der Waals surface area contributed by atoms with Crippen LogP contribution in [-0.4, -0.2) is 59.7 Å². The second-order valence-corrected chi connectivity index (χ2v) is 9.02. The maximum absolute atomic E-state index is 12.4. The second kappa shape index (κ2) is 13.5. The first-order valence-corrected chi connectivity index (χ1v) is 12.2. The van der Waals surface area contributed by atoms with Crippen LogP contribution in [0.4, 0.5) is 5.69 Å². The lowest BCUT2D eigenvalue weighted by Gasteiger charge is -2.22. The van der Waals surface area contributed by atoms with E-state index in [-0.39, 0.29) is 5.91 Å². The molecule has 1 fully saturated rings. The number of hydrogen-bond donors (Lipinski definition) is 5. The summed E-state index contributed by atoms with van der Waals surface area (Å²) >= 11 is 0. The number of anilines is 1. The smallest absolute Gasteiger partial charge is 0.251 e. The molecule has 1 aliphatic heterocycles. The topological polar surface area (TPSA) is 128 Å². The van der Waals surface area contributed by atoms with Gasteiger partial charge in [-0.1, -0.05) is 11.8 Å². The van der Waals surface area contributed by atoms with E-state index >= 15 is 0 Å². The zero-order valence-corrected chi connectivity index (χ0v) is 20.4. The van der Waals surface area contributed by atoms with Crippen LogP contribution in [0.1, 0.15) is 54.1 Å². The quantitative estimate of drug-likeness (QED) is 0.341. The number of amides is 2. The molecule has 0 radical (unpaired) electrons. The third-order valence-electron chi connectivity index (χ3n) is 6.12. The molecule has 3 atom stereocenters. The third kappa shape index (κ3) is 8.31. The summed E-state index contributed by atoms with van der Waals surface area (Å²) in [5, 5.41) is 27.4. The van der Waals surface area contributed by atoms with Gasteiger partial charge in [-0.2, -0.15) is 0 Å². The summed E-state index contributed by atoms with van der Waals surface area (Å²) < 4.78 is 0. The number of piperidine rings is 1. The summed E-state index contributed by atoms with van der Waals surface area (Å²) in [7, 11) is 0. The molecule has 8 heteroatoms. The number of rotatable bonds is 9. The Bertz CT molecular complexity index is 1090. The fraction of sp³-hybridized carbons (Fsp3) is 0.393. The summed E-state index contributed by atoms with van der Waals surface area (Å²) in [5.74, 6) is 5.47. The Morgan fingerprint density at radius 2 is 1.69 bits per heavy atom. The number of carbonyl (C=O) groups is 3. The molecule has 1 aliphatic rings. The highest BCUT2D eigenvalue weighted by molar-refractivity contribution is 5.98. The SMILES string of the molecule is C[C@@H](O)[C@H](NC(=O)c1ccc(C#Cc2ccc(NC(=O)CCC3CCCNC3)cc2)cc1)C(=O)CO. The maximum Gasteiger partial charge on any atom is 0.251 e. The van der Waals surface area contributed by atoms with Crippen LogP contribution in [0.2, 0.25) is 0 Å². The van der Waals surface area contributed by atoms with Gasteiger partial charge in [0, 0.05) is 28.8 Å². The van der Waals surface area contributed by atoms with E-state index in [9.17, 15) is 19.5 Å². The lowest BCUT2D eigenvalue weighted by molar-refractivity contribution is -0.126. The first-order valence-electron chi connectivity index (χ1n) is 12.2. The molecule has 190 valence electrons. The van der Waals surface area contributed by atoms with Gasteiger partial charge in [-0.05, 0) is 93.7 Å². The molecule has 2 amide bonds. The zero-order chi connectivity index (χ0) is 25.9. The molecule has 1 saturated heterocycles. The Morgan fingerprint density at radius 3 is 2.25 bits per heavy atom. The van der Waals surface area contributed by atoms with Gasteiger partial charge >= 0.3 is 0 Å². The Hall–Kier alpha value is -3.51. The van der Waals surface area contributed by atoms with Crippen molar-refractivity contribution in [3.8, 4) is 11.8 Å². The van der Waals surface area contributed by atoms with Crippen LogP contribution in [0.15, 0.2) is 48.5 Å². The van der Waals surface area contributed by atoms with Gasteiger partial charge in [-0.3, -0.25) is 14.4 Å². The number of aliphatic hydroxyl groups is 2. The summed E-state index contributed by atoms with van der Waals surface area (Å²) in [4.78, 5) is 36.3. The van der Waals surface area contributed by atoms with Crippen molar-refractivity contribution in [1.82, 2.24) is 10.6 Å². The van der Waals surface area contributed by atoms with E-state index in [4.69, 9.17) is 5.11 Å². The van der Waals surface area contributed by atoms with Crippen molar-refractivity contribution in [3.63, 3.8) is 0 Å². The van der Waals surface area contributed by atoms with Crippen molar-refractivity contribution in [3.05, 3.63) is 65.2 Å². The van der Waals surface area contributed by atoms with E-state index in [0.29, 0.717) is 23.5 Å². The van der Waals surface area contributed by atoms with Crippen molar-refractivity contribution in [2.45, 2.75) is 44.8 Å². The molecule has 5 N–H and O–H groups in total. The predicted octanol–water partition coefficient (Wildman–Crippen LogP) is 1.85. The van der Waals surface area contributed by atoms with Crippen LogP contribution in [0.3, 0.4) is 0 Å². The molecule has 3 rings (SSSR count). The minimum atomic E-state index is -1.18. The number of Topliss-reactive ketones (excluding diaryl/α,β-unsaturated/α-hetero) is 1. The van der Waals surface area contributed by atoms with E-state index in [0.717, 1.165) is 30.8 Å². The molecule has 1 unspecified atom stereocenters. The van der Waals surface area contributed by atoms with Crippen molar-refractivity contribution in [1.29, 1.82) is 0 Å². The molecule has 36 heavy (non-hydrogen) atoms. The Morgan fingerprint density at radius 1 is 1.06 bits per heavy atom. The van der Waals surface area contributed by atoms with Gasteiger partial charge in [0.15, 0.2) is 5.78 Å². The minimum Gasteiger partial charge on any atom is -0.391 e. The highest BCUT2D eigenvalue weighted by atomic mass is 16.3. The first-order chi connectivity index (χ1) is 17.4. The predicted molar refractivity (Wildman–Crippen MR) is 137 cm³/mol. The van der Waals surface area contributed by atoms with Gasteiger partial charge in [-0.25, -0.2) is 0 Å². The van der Waals surface area contributed by atoms with Crippen LogP contribution in [0.5, 0.6) is 0 Å². The summed E-state index contributed by atoms with van der Waals surface area (Å²) in [6.45, 7) is 2.66. The van der Waals surface area contributed by atoms with Gasteiger partial charge in [0.05, 0.1) is 6.10 Å². The minimum absolute atomic E-state index is 0.0176. The molecule has 0 bridgehead atoms. The maximum atomic E-state index is 12.4. The molecule has 1 heterocycles. The molecular formula is C28H33N3O5. The van der Waals surface area contributed by atoms with E-state index in [1.165, 1.54) is 19.8 Å². The van der Waals surface area contributed by atoms with E-state index in [2.05, 4.69) is 27.8 Å².